The molecule has 2 N–H and O–H groups in total. The zero-order valence-electron chi connectivity index (χ0n) is 16.6. The molecular weight excluding hydrogens is 390 g/mol. The van der Waals surface area contributed by atoms with Crippen molar-refractivity contribution in [3.8, 4) is 5.75 Å². The van der Waals surface area contributed by atoms with Crippen molar-refractivity contribution in [1.82, 2.24) is 14.9 Å². The van der Waals surface area contributed by atoms with Crippen LogP contribution < -0.4 is 15.7 Å². The molecule has 1 aliphatic carbocycles. The van der Waals surface area contributed by atoms with Crippen molar-refractivity contribution in [1.29, 1.82) is 0 Å². The Balaban J connectivity index is 1.59. The molecule has 0 spiro atoms. The first-order valence-electron chi connectivity index (χ1n) is 9.89. The third kappa shape index (κ3) is 5.39. The summed E-state index contributed by atoms with van der Waals surface area (Å²) in [7, 11) is 1.64. The molecule has 0 saturated heterocycles. The van der Waals surface area contributed by atoms with Crippen LogP contribution in [-0.4, -0.2) is 46.6 Å². The van der Waals surface area contributed by atoms with Gasteiger partial charge in [-0.3, -0.25) is 9.36 Å². The molecule has 1 heterocycles. The molecular formula is C21H27N3O4S. The van der Waals surface area contributed by atoms with E-state index in [2.05, 4.69) is 10.3 Å². The number of aliphatic hydroxyl groups excluding tert-OH is 1. The second-order valence-electron chi connectivity index (χ2n) is 6.91. The van der Waals surface area contributed by atoms with Gasteiger partial charge >= 0.3 is 5.69 Å². The molecule has 3 rings (SSSR count). The van der Waals surface area contributed by atoms with E-state index in [4.69, 9.17) is 4.74 Å². The Morgan fingerprint density at radius 1 is 1.31 bits per heavy atom. The number of ether oxygens (including phenoxy) is 1. The van der Waals surface area contributed by atoms with Gasteiger partial charge in [0, 0.05) is 17.8 Å². The Morgan fingerprint density at radius 3 is 2.90 bits per heavy atom. The molecule has 7 nitrogen and oxygen atoms in total. The molecule has 1 amide bonds. The molecule has 29 heavy (non-hydrogen) atoms. The van der Waals surface area contributed by atoms with Crippen LogP contribution in [0.1, 0.15) is 29.7 Å². The van der Waals surface area contributed by atoms with Crippen molar-refractivity contribution in [2.75, 3.05) is 26.0 Å². The molecule has 0 aliphatic heterocycles. The van der Waals surface area contributed by atoms with Gasteiger partial charge in [0.05, 0.1) is 26.0 Å². The van der Waals surface area contributed by atoms with Gasteiger partial charge in [0.25, 0.3) is 0 Å². The maximum Gasteiger partial charge on any atom is 0.348 e. The zero-order chi connectivity index (χ0) is 20.6. The van der Waals surface area contributed by atoms with Gasteiger partial charge in [0.1, 0.15) is 10.8 Å². The summed E-state index contributed by atoms with van der Waals surface area (Å²) in [5.74, 6) is 0.945. The van der Waals surface area contributed by atoms with Gasteiger partial charge in [-0.2, -0.15) is 4.98 Å². The van der Waals surface area contributed by atoms with Crippen LogP contribution in [0.4, 0.5) is 0 Å². The first-order chi connectivity index (χ1) is 14.1. The summed E-state index contributed by atoms with van der Waals surface area (Å²) in [4.78, 5) is 28.8. The topological polar surface area (TPSA) is 93.5 Å². The number of carbonyl (C=O) groups is 1. The van der Waals surface area contributed by atoms with Crippen molar-refractivity contribution in [3.63, 3.8) is 0 Å². The molecule has 2 aromatic rings. The van der Waals surface area contributed by atoms with Gasteiger partial charge in [-0.05, 0) is 43.7 Å². The number of para-hydroxylation sites is 1. The maximum absolute atomic E-state index is 12.4. The SMILES string of the molecule is COc1ccccc1CCNC(=O)CSc1nc(=O)n(CCO)c2c1CCCC2. The molecule has 1 aromatic carbocycles. The molecule has 0 radical (unpaired) electrons. The number of rotatable bonds is 9. The molecule has 8 heteroatoms. The minimum Gasteiger partial charge on any atom is -0.496 e. The smallest absolute Gasteiger partial charge is 0.348 e. The molecule has 156 valence electrons. The molecule has 0 unspecified atom stereocenters. The van der Waals surface area contributed by atoms with E-state index in [9.17, 15) is 14.7 Å². The van der Waals surface area contributed by atoms with Crippen LogP contribution in [0, 0.1) is 0 Å². The fourth-order valence-electron chi connectivity index (χ4n) is 3.63. The Morgan fingerprint density at radius 2 is 2.10 bits per heavy atom. The predicted molar refractivity (Wildman–Crippen MR) is 113 cm³/mol. The summed E-state index contributed by atoms with van der Waals surface area (Å²) in [6.45, 7) is 0.696. The zero-order valence-corrected chi connectivity index (χ0v) is 17.5. The number of benzene rings is 1. The first kappa shape index (κ1) is 21.4. The maximum atomic E-state index is 12.4. The van der Waals surface area contributed by atoms with Crippen molar-refractivity contribution < 1.29 is 14.6 Å². The van der Waals surface area contributed by atoms with E-state index in [0.29, 0.717) is 18.0 Å². The van der Waals surface area contributed by atoms with Crippen LogP contribution in [0.25, 0.3) is 0 Å². The molecule has 0 bridgehead atoms. The normalized spacial score (nSPS) is 13.0. The highest BCUT2D eigenvalue weighted by Gasteiger charge is 2.20. The van der Waals surface area contributed by atoms with E-state index >= 15 is 0 Å². The van der Waals surface area contributed by atoms with Gasteiger partial charge in [0.15, 0.2) is 0 Å². The second kappa shape index (κ2) is 10.5. The van der Waals surface area contributed by atoms with Gasteiger partial charge in [-0.25, -0.2) is 4.79 Å². The fraction of sp³-hybridized carbons (Fsp3) is 0.476. The summed E-state index contributed by atoms with van der Waals surface area (Å²) in [5.41, 5.74) is 2.71. The summed E-state index contributed by atoms with van der Waals surface area (Å²) in [5, 5.41) is 12.8. The number of methoxy groups -OCH3 is 1. The van der Waals surface area contributed by atoms with Gasteiger partial charge in [-0.1, -0.05) is 30.0 Å². The van der Waals surface area contributed by atoms with Gasteiger partial charge < -0.3 is 15.2 Å². The lowest BCUT2D eigenvalue weighted by Crippen LogP contribution is -2.32. The monoisotopic (exact) mass is 417 g/mol. The number of fused-ring (bicyclic) bond motifs is 1. The number of amides is 1. The molecule has 1 aromatic heterocycles. The fourth-order valence-corrected chi connectivity index (χ4v) is 4.54. The standard InChI is InChI=1S/C21H27N3O4S/c1-28-18-9-5-2-6-15(18)10-11-22-19(26)14-29-20-16-7-3-4-8-17(16)24(12-13-25)21(27)23-20/h2,5-6,9,25H,3-4,7-8,10-14H2,1H3,(H,22,26). The van der Waals surface area contributed by atoms with Crippen molar-refractivity contribution >= 4 is 17.7 Å². The summed E-state index contributed by atoms with van der Waals surface area (Å²) < 4.78 is 6.90. The number of nitrogens with one attached hydrogen (secondary N) is 1. The summed E-state index contributed by atoms with van der Waals surface area (Å²) >= 11 is 1.31. The number of thioether (sulfide) groups is 1. The average Bonchev–Trinajstić information content (AvgIpc) is 2.75. The predicted octanol–water partition coefficient (Wildman–Crippen LogP) is 1.57. The average molecular weight is 418 g/mol. The molecule has 0 atom stereocenters. The number of aliphatic hydroxyl groups is 1. The van der Waals surface area contributed by atoms with Crippen molar-refractivity contribution in [2.24, 2.45) is 0 Å². The van der Waals surface area contributed by atoms with Crippen LogP contribution in [-0.2, 0) is 30.6 Å². The largest absolute Gasteiger partial charge is 0.496 e. The van der Waals surface area contributed by atoms with Crippen LogP contribution in [0.2, 0.25) is 0 Å². The minimum absolute atomic E-state index is 0.0872. The highest BCUT2D eigenvalue weighted by atomic mass is 32.2. The Labute approximate surface area is 174 Å². The van der Waals surface area contributed by atoms with Crippen LogP contribution in [0.15, 0.2) is 34.1 Å². The Kier molecular flexibility index (Phi) is 7.71. The Hall–Kier alpha value is -2.32. The number of nitrogens with zero attached hydrogens (tertiary/aromatic N) is 2. The molecule has 1 aliphatic rings. The minimum atomic E-state index is -0.348. The van der Waals surface area contributed by atoms with Crippen LogP contribution in [0.5, 0.6) is 5.75 Å². The van der Waals surface area contributed by atoms with E-state index in [1.54, 1.807) is 11.7 Å². The summed E-state index contributed by atoms with van der Waals surface area (Å²) in [6, 6.07) is 7.75. The number of carbonyl (C=O) groups excluding carboxylic acids is 1. The lowest BCUT2D eigenvalue weighted by molar-refractivity contribution is -0.118. The third-order valence-corrected chi connectivity index (χ3v) is 6.04. The lowest BCUT2D eigenvalue weighted by Gasteiger charge is -2.22. The Bertz CT molecular complexity index is 913. The van der Waals surface area contributed by atoms with E-state index in [1.807, 2.05) is 24.3 Å². The van der Waals surface area contributed by atoms with Gasteiger partial charge in [0.2, 0.25) is 5.91 Å². The van der Waals surface area contributed by atoms with Crippen molar-refractivity contribution in [3.05, 3.63) is 51.6 Å². The van der Waals surface area contributed by atoms with E-state index < -0.39 is 0 Å². The van der Waals surface area contributed by atoms with Gasteiger partial charge in [-0.15, -0.1) is 0 Å². The highest BCUT2D eigenvalue weighted by molar-refractivity contribution is 7.99. The second-order valence-corrected chi connectivity index (χ2v) is 7.87. The van der Waals surface area contributed by atoms with E-state index in [1.165, 1.54) is 11.8 Å². The lowest BCUT2D eigenvalue weighted by atomic mass is 9.97. The first-order valence-corrected chi connectivity index (χ1v) is 10.9. The number of aromatic nitrogens is 2. The third-order valence-electron chi connectivity index (χ3n) is 5.02. The highest BCUT2D eigenvalue weighted by Crippen LogP contribution is 2.28. The number of hydrogen-bond acceptors (Lipinski definition) is 6. The van der Waals surface area contributed by atoms with E-state index in [0.717, 1.165) is 48.3 Å². The number of hydrogen-bond donors (Lipinski definition) is 2. The molecule has 0 saturated carbocycles. The van der Waals surface area contributed by atoms with Crippen LogP contribution in [0.3, 0.4) is 0 Å². The summed E-state index contributed by atoms with van der Waals surface area (Å²) in [6.07, 6.45) is 4.42. The van der Waals surface area contributed by atoms with Crippen molar-refractivity contribution in [2.45, 2.75) is 43.7 Å². The van der Waals surface area contributed by atoms with Crippen LogP contribution >= 0.6 is 11.8 Å². The quantitative estimate of drug-likeness (QED) is 0.475. The van der Waals surface area contributed by atoms with E-state index in [-0.39, 0.29) is 30.5 Å². The molecule has 0 fully saturated rings.